The minimum atomic E-state index is -0.236. The molecule has 0 aliphatic carbocycles. The molecule has 3 rings (SSSR count). The van der Waals surface area contributed by atoms with Crippen LogP contribution in [-0.2, 0) is 11.3 Å². The van der Waals surface area contributed by atoms with Crippen LogP contribution < -0.4 is 4.74 Å². The van der Waals surface area contributed by atoms with Crippen LogP contribution in [0.1, 0.15) is 15.9 Å². The van der Waals surface area contributed by atoms with E-state index in [1.807, 2.05) is 36.4 Å². The Kier molecular flexibility index (Phi) is 2.52. The van der Waals surface area contributed by atoms with E-state index < -0.39 is 0 Å². The molecule has 0 unspecified atom stereocenters. The van der Waals surface area contributed by atoms with E-state index in [1.54, 1.807) is 13.2 Å². The maximum atomic E-state index is 11.5. The normalized spacial score (nSPS) is 13.1. The van der Waals surface area contributed by atoms with Crippen LogP contribution >= 0.6 is 0 Å². The van der Waals surface area contributed by atoms with Gasteiger partial charge < -0.3 is 9.47 Å². The van der Waals surface area contributed by atoms with E-state index in [2.05, 4.69) is 0 Å². The zero-order valence-corrected chi connectivity index (χ0v) is 9.97. The lowest BCUT2D eigenvalue weighted by atomic mass is 9.97. The van der Waals surface area contributed by atoms with Crippen LogP contribution in [0.3, 0.4) is 0 Å². The summed E-state index contributed by atoms with van der Waals surface area (Å²) in [5, 5.41) is 0. The Bertz CT molecular complexity index is 600. The summed E-state index contributed by atoms with van der Waals surface area (Å²) in [6, 6.07) is 13.5. The molecule has 0 bridgehead atoms. The number of rotatable bonds is 2. The Morgan fingerprint density at radius 1 is 1.06 bits per heavy atom. The lowest BCUT2D eigenvalue weighted by Gasteiger charge is -2.07. The minimum Gasteiger partial charge on any atom is -0.497 e. The first-order chi connectivity index (χ1) is 8.79. The summed E-state index contributed by atoms with van der Waals surface area (Å²) >= 11 is 0. The van der Waals surface area contributed by atoms with Crippen LogP contribution in [0.5, 0.6) is 5.75 Å². The largest absolute Gasteiger partial charge is 0.497 e. The molecule has 0 atom stereocenters. The number of cyclic esters (lactones) is 1. The number of esters is 1. The van der Waals surface area contributed by atoms with Crippen molar-refractivity contribution in [1.29, 1.82) is 0 Å². The first-order valence-electron chi connectivity index (χ1n) is 5.73. The van der Waals surface area contributed by atoms with E-state index in [0.29, 0.717) is 12.2 Å². The Morgan fingerprint density at radius 3 is 2.50 bits per heavy atom. The van der Waals surface area contributed by atoms with E-state index in [9.17, 15) is 4.79 Å². The summed E-state index contributed by atoms with van der Waals surface area (Å²) in [5.74, 6) is 0.582. The number of carbonyl (C=O) groups is 1. The number of hydrogen-bond donors (Lipinski definition) is 0. The van der Waals surface area contributed by atoms with E-state index in [-0.39, 0.29) is 5.97 Å². The van der Waals surface area contributed by atoms with Crippen LogP contribution in [0.4, 0.5) is 0 Å². The van der Waals surface area contributed by atoms with Crippen molar-refractivity contribution in [3.05, 3.63) is 53.6 Å². The van der Waals surface area contributed by atoms with E-state index in [1.165, 1.54) is 0 Å². The second kappa shape index (κ2) is 4.18. The molecule has 90 valence electrons. The molecule has 3 nitrogen and oxygen atoms in total. The van der Waals surface area contributed by atoms with Crippen LogP contribution in [0.15, 0.2) is 42.5 Å². The standard InChI is InChI=1S/C15H12O3/c1-17-11-7-5-10(6-8-11)12-3-2-4-13-14(12)9-18-15(13)16/h2-8H,9H2,1H3. The second-order valence-corrected chi connectivity index (χ2v) is 4.14. The highest BCUT2D eigenvalue weighted by molar-refractivity contribution is 5.96. The Balaban J connectivity index is 2.09. The van der Waals surface area contributed by atoms with Gasteiger partial charge in [-0.3, -0.25) is 0 Å². The van der Waals surface area contributed by atoms with Gasteiger partial charge in [-0.15, -0.1) is 0 Å². The van der Waals surface area contributed by atoms with Crippen molar-refractivity contribution in [2.75, 3.05) is 7.11 Å². The van der Waals surface area contributed by atoms with Crippen LogP contribution in [0.2, 0.25) is 0 Å². The molecule has 2 aromatic carbocycles. The molecule has 0 saturated carbocycles. The molecular weight excluding hydrogens is 228 g/mol. The fourth-order valence-corrected chi connectivity index (χ4v) is 2.19. The average Bonchev–Trinajstić information content (AvgIpc) is 2.81. The molecule has 3 heteroatoms. The SMILES string of the molecule is COc1ccc(-c2cccc3c2COC3=O)cc1. The lowest BCUT2D eigenvalue weighted by molar-refractivity contribution is 0.0535. The number of hydrogen-bond acceptors (Lipinski definition) is 3. The lowest BCUT2D eigenvalue weighted by Crippen LogP contribution is -1.93. The van der Waals surface area contributed by atoms with Crippen LogP contribution in [-0.4, -0.2) is 13.1 Å². The summed E-state index contributed by atoms with van der Waals surface area (Å²) in [5.41, 5.74) is 3.74. The molecular formula is C15H12O3. The Hall–Kier alpha value is -2.29. The van der Waals surface area contributed by atoms with Gasteiger partial charge in [0.2, 0.25) is 0 Å². The van der Waals surface area contributed by atoms with Gasteiger partial charge in [0.15, 0.2) is 0 Å². The van der Waals surface area contributed by atoms with Gasteiger partial charge >= 0.3 is 5.97 Å². The molecule has 1 aliphatic heterocycles. The van der Waals surface area contributed by atoms with E-state index >= 15 is 0 Å². The quantitative estimate of drug-likeness (QED) is 0.757. The molecule has 1 heterocycles. The summed E-state index contributed by atoms with van der Waals surface area (Å²) in [6.07, 6.45) is 0. The van der Waals surface area contributed by atoms with E-state index in [4.69, 9.17) is 9.47 Å². The van der Waals surface area contributed by atoms with E-state index in [0.717, 1.165) is 22.4 Å². The Morgan fingerprint density at radius 2 is 1.78 bits per heavy atom. The number of methoxy groups -OCH3 is 1. The molecule has 2 aromatic rings. The van der Waals surface area contributed by atoms with Gasteiger partial charge in [0.05, 0.1) is 12.7 Å². The van der Waals surface area contributed by atoms with Crippen molar-refractivity contribution in [2.24, 2.45) is 0 Å². The number of fused-ring (bicyclic) bond motifs is 1. The summed E-state index contributed by atoms with van der Waals surface area (Å²) < 4.78 is 10.2. The highest BCUT2D eigenvalue weighted by atomic mass is 16.5. The molecule has 0 amide bonds. The topological polar surface area (TPSA) is 35.5 Å². The maximum absolute atomic E-state index is 11.5. The zero-order valence-electron chi connectivity index (χ0n) is 9.97. The monoisotopic (exact) mass is 240 g/mol. The fraction of sp³-hybridized carbons (Fsp3) is 0.133. The number of benzene rings is 2. The van der Waals surface area contributed by atoms with Gasteiger partial charge in [0.25, 0.3) is 0 Å². The van der Waals surface area contributed by atoms with Gasteiger partial charge in [-0.05, 0) is 29.3 Å². The van der Waals surface area contributed by atoms with Crippen molar-refractivity contribution in [3.63, 3.8) is 0 Å². The van der Waals surface area contributed by atoms with Crippen molar-refractivity contribution in [3.8, 4) is 16.9 Å². The highest BCUT2D eigenvalue weighted by Gasteiger charge is 2.23. The van der Waals surface area contributed by atoms with Crippen LogP contribution in [0, 0.1) is 0 Å². The van der Waals surface area contributed by atoms with Gasteiger partial charge in [0.1, 0.15) is 12.4 Å². The predicted octanol–water partition coefficient (Wildman–Crippen LogP) is 3.03. The van der Waals surface area contributed by atoms with Gasteiger partial charge in [-0.25, -0.2) is 4.79 Å². The molecule has 18 heavy (non-hydrogen) atoms. The second-order valence-electron chi connectivity index (χ2n) is 4.14. The highest BCUT2D eigenvalue weighted by Crippen LogP contribution is 2.31. The first-order valence-corrected chi connectivity index (χ1v) is 5.73. The third-order valence-corrected chi connectivity index (χ3v) is 3.14. The third-order valence-electron chi connectivity index (χ3n) is 3.14. The maximum Gasteiger partial charge on any atom is 0.338 e. The van der Waals surface area contributed by atoms with Crippen molar-refractivity contribution >= 4 is 5.97 Å². The predicted molar refractivity (Wildman–Crippen MR) is 67.5 cm³/mol. The molecule has 0 N–H and O–H groups in total. The molecule has 0 saturated heterocycles. The zero-order chi connectivity index (χ0) is 12.5. The summed E-state index contributed by atoms with van der Waals surface area (Å²) in [4.78, 5) is 11.5. The smallest absolute Gasteiger partial charge is 0.338 e. The third kappa shape index (κ3) is 1.64. The van der Waals surface area contributed by atoms with Crippen molar-refractivity contribution in [1.82, 2.24) is 0 Å². The molecule has 0 aromatic heterocycles. The fourth-order valence-electron chi connectivity index (χ4n) is 2.19. The molecule has 0 fully saturated rings. The van der Waals surface area contributed by atoms with Crippen molar-refractivity contribution in [2.45, 2.75) is 6.61 Å². The molecule has 0 radical (unpaired) electrons. The van der Waals surface area contributed by atoms with Crippen LogP contribution in [0.25, 0.3) is 11.1 Å². The van der Waals surface area contributed by atoms with Gasteiger partial charge in [-0.2, -0.15) is 0 Å². The minimum absolute atomic E-state index is 0.236. The number of ether oxygens (including phenoxy) is 2. The molecule has 1 aliphatic rings. The van der Waals surface area contributed by atoms with Gasteiger partial charge in [-0.1, -0.05) is 24.3 Å². The first kappa shape index (κ1) is 10.8. The van der Waals surface area contributed by atoms with Gasteiger partial charge in [0, 0.05) is 5.56 Å². The Labute approximate surface area is 105 Å². The summed E-state index contributed by atoms with van der Waals surface area (Å²) in [6.45, 7) is 0.358. The van der Waals surface area contributed by atoms with Crippen molar-refractivity contribution < 1.29 is 14.3 Å². The average molecular weight is 240 g/mol. The molecule has 0 spiro atoms. The summed E-state index contributed by atoms with van der Waals surface area (Å²) in [7, 11) is 1.64. The number of carbonyl (C=O) groups excluding carboxylic acids is 1.